The van der Waals surface area contributed by atoms with Crippen molar-refractivity contribution >= 4 is 22.5 Å². The average Bonchev–Trinajstić information content (AvgIpc) is 2.86. The topological polar surface area (TPSA) is 45.5 Å². The first-order valence-electron chi connectivity index (χ1n) is 7.69. The van der Waals surface area contributed by atoms with Gasteiger partial charge < -0.3 is 14.6 Å². The summed E-state index contributed by atoms with van der Waals surface area (Å²) in [6, 6.07) is 14.7. The fourth-order valence-electron chi connectivity index (χ4n) is 3.03. The monoisotopic (exact) mass is 308 g/mol. The molecule has 1 amide bonds. The van der Waals surface area contributed by atoms with Crippen molar-refractivity contribution in [3.63, 3.8) is 0 Å². The molecule has 118 valence electrons. The molecule has 3 rings (SSSR count). The molecule has 0 spiro atoms. The number of carbonyl (C=O) groups is 1. The van der Waals surface area contributed by atoms with E-state index in [0.29, 0.717) is 5.69 Å². The van der Waals surface area contributed by atoms with Gasteiger partial charge in [-0.25, -0.2) is 0 Å². The summed E-state index contributed by atoms with van der Waals surface area (Å²) in [4.78, 5) is 14.7. The van der Waals surface area contributed by atoms with Crippen molar-refractivity contribution < 1.29 is 9.90 Å². The highest BCUT2D eigenvalue weighted by molar-refractivity contribution is 6.09. The van der Waals surface area contributed by atoms with Crippen LogP contribution in [0.2, 0.25) is 0 Å². The standard InChI is InChI=1S/C19H20N2O2/c1-4-21-17-8-6-5-7-16(17)13(2)18(21)19(23)20(3)14-9-11-15(22)12-10-14/h5-12,22H,4H2,1-3H3. The van der Waals surface area contributed by atoms with E-state index in [2.05, 4.69) is 4.57 Å². The van der Waals surface area contributed by atoms with E-state index in [-0.39, 0.29) is 11.7 Å². The largest absolute Gasteiger partial charge is 0.508 e. The molecule has 0 aliphatic rings. The lowest BCUT2D eigenvalue weighted by Crippen LogP contribution is -2.29. The van der Waals surface area contributed by atoms with Crippen LogP contribution < -0.4 is 4.90 Å². The quantitative estimate of drug-likeness (QED) is 0.796. The van der Waals surface area contributed by atoms with Crippen molar-refractivity contribution in [1.82, 2.24) is 4.57 Å². The number of hydrogen-bond donors (Lipinski definition) is 1. The van der Waals surface area contributed by atoms with Gasteiger partial charge in [0.25, 0.3) is 5.91 Å². The van der Waals surface area contributed by atoms with Gasteiger partial charge in [0.2, 0.25) is 0 Å². The Morgan fingerprint density at radius 2 is 1.78 bits per heavy atom. The number of rotatable bonds is 3. The van der Waals surface area contributed by atoms with Gasteiger partial charge in [-0.3, -0.25) is 4.79 Å². The van der Waals surface area contributed by atoms with E-state index in [9.17, 15) is 9.90 Å². The fourth-order valence-corrected chi connectivity index (χ4v) is 3.03. The van der Waals surface area contributed by atoms with E-state index in [1.54, 1.807) is 36.2 Å². The van der Waals surface area contributed by atoms with Crippen molar-refractivity contribution in [2.45, 2.75) is 20.4 Å². The number of amides is 1. The molecule has 0 bridgehead atoms. The second-order valence-corrected chi connectivity index (χ2v) is 5.62. The molecule has 3 aromatic rings. The molecule has 0 unspecified atom stereocenters. The smallest absolute Gasteiger partial charge is 0.274 e. The summed E-state index contributed by atoms with van der Waals surface area (Å²) in [6.45, 7) is 4.77. The maximum Gasteiger partial charge on any atom is 0.274 e. The maximum absolute atomic E-state index is 13.0. The van der Waals surface area contributed by atoms with Crippen LogP contribution in [0.1, 0.15) is 23.0 Å². The number of nitrogens with zero attached hydrogens (tertiary/aromatic N) is 2. The maximum atomic E-state index is 13.0. The van der Waals surface area contributed by atoms with Gasteiger partial charge in [0, 0.05) is 30.2 Å². The molecule has 0 aliphatic carbocycles. The van der Waals surface area contributed by atoms with Crippen LogP contribution in [0.4, 0.5) is 5.69 Å². The summed E-state index contributed by atoms with van der Waals surface area (Å²) in [5.41, 5.74) is 3.54. The van der Waals surface area contributed by atoms with E-state index < -0.39 is 0 Å². The number of benzene rings is 2. The number of phenolic OH excluding ortho intramolecular Hbond substituents is 1. The van der Waals surface area contributed by atoms with E-state index in [4.69, 9.17) is 0 Å². The van der Waals surface area contributed by atoms with Gasteiger partial charge in [-0.05, 0) is 49.7 Å². The number of anilines is 1. The van der Waals surface area contributed by atoms with Crippen molar-refractivity contribution in [3.05, 3.63) is 59.8 Å². The molecule has 1 heterocycles. The first kappa shape index (κ1) is 15.2. The van der Waals surface area contributed by atoms with Crippen LogP contribution in [0.15, 0.2) is 48.5 Å². The molecule has 0 radical (unpaired) electrons. The zero-order valence-electron chi connectivity index (χ0n) is 13.6. The third-order valence-electron chi connectivity index (χ3n) is 4.28. The Bertz CT molecular complexity index is 863. The molecular formula is C19H20N2O2. The molecule has 23 heavy (non-hydrogen) atoms. The van der Waals surface area contributed by atoms with Crippen molar-refractivity contribution in [1.29, 1.82) is 0 Å². The summed E-state index contributed by atoms with van der Waals surface area (Å²) in [5.74, 6) is 0.139. The minimum Gasteiger partial charge on any atom is -0.508 e. The first-order chi connectivity index (χ1) is 11.0. The Balaban J connectivity index is 2.10. The van der Waals surface area contributed by atoms with Crippen molar-refractivity contribution in [2.75, 3.05) is 11.9 Å². The predicted molar refractivity (Wildman–Crippen MR) is 93.2 cm³/mol. The Hall–Kier alpha value is -2.75. The number of aromatic nitrogens is 1. The molecule has 0 atom stereocenters. The van der Waals surface area contributed by atoms with Gasteiger partial charge in [-0.15, -0.1) is 0 Å². The SMILES string of the molecule is CCn1c(C(=O)N(C)c2ccc(O)cc2)c(C)c2ccccc21. The zero-order valence-corrected chi connectivity index (χ0v) is 13.6. The highest BCUT2D eigenvalue weighted by Gasteiger charge is 2.22. The van der Waals surface area contributed by atoms with Gasteiger partial charge in [0.15, 0.2) is 0 Å². The van der Waals surface area contributed by atoms with Gasteiger partial charge >= 0.3 is 0 Å². The summed E-state index contributed by atoms with van der Waals surface area (Å²) < 4.78 is 2.06. The van der Waals surface area contributed by atoms with Crippen LogP contribution in [0.25, 0.3) is 10.9 Å². The molecule has 1 N–H and O–H groups in total. The number of para-hydroxylation sites is 1. The lowest BCUT2D eigenvalue weighted by Gasteiger charge is -2.19. The van der Waals surface area contributed by atoms with Gasteiger partial charge in [0.05, 0.1) is 0 Å². The molecule has 4 nitrogen and oxygen atoms in total. The third-order valence-corrected chi connectivity index (χ3v) is 4.28. The van der Waals surface area contributed by atoms with Crippen molar-refractivity contribution in [2.24, 2.45) is 0 Å². The average molecular weight is 308 g/mol. The van der Waals surface area contributed by atoms with Crippen LogP contribution in [-0.4, -0.2) is 22.6 Å². The summed E-state index contributed by atoms with van der Waals surface area (Å²) in [7, 11) is 1.76. The lowest BCUT2D eigenvalue weighted by atomic mass is 10.1. The van der Waals surface area contributed by atoms with E-state index in [0.717, 1.165) is 28.7 Å². The summed E-state index contributed by atoms with van der Waals surface area (Å²) >= 11 is 0. The van der Waals surface area contributed by atoms with Crippen molar-refractivity contribution in [3.8, 4) is 5.75 Å². The number of hydrogen-bond acceptors (Lipinski definition) is 2. The number of carbonyl (C=O) groups excluding carboxylic acids is 1. The molecular weight excluding hydrogens is 288 g/mol. The Morgan fingerprint density at radius 1 is 1.13 bits per heavy atom. The third kappa shape index (κ3) is 2.46. The molecule has 1 aromatic heterocycles. The lowest BCUT2D eigenvalue weighted by molar-refractivity contribution is 0.0984. The highest BCUT2D eigenvalue weighted by Crippen LogP contribution is 2.28. The Kier molecular flexibility index (Phi) is 3.82. The molecule has 0 saturated heterocycles. The second-order valence-electron chi connectivity index (χ2n) is 5.62. The van der Waals surface area contributed by atoms with Gasteiger partial charge in [-0.2, -0.15) is 0 Å². The Morgan fingerprint density at radius 3 is 2.43 bits per heavy atom. The fraction of sp³-hybridized carbons (Fsp3) is 0.211. The molecule has 2 aromatic carbocycles. The van der Waals surface area contributed by atoms with Crippen LogP contribution >= 0.6 is 0 Å². The highest BCUT2D eigenvalue weighted by atomic mass is 16.3. The van der Waals surface area contributed by atoms with E-state index >= 15 is 0 Å². The van der Waals surface area contributed by atoms with Gasteiger partial charge in [-0.1, -0.05) is 18.2 Å². The van der Waals surface area contributed by atoms with E-state index in [1.165, 1.54) is 0 Å². The molecule has 0 aliphatic heterocycles. The number of phenols is 1. The molecule has 0 fully saturated rings. The molecule has 0 saturated carbocycles. The van der Waals surface area contributed by atoms with Crippen LogP contribution in [0.5, 0.6) is 5.75 Å². The summed E-state index contributed by atoms with van der Waals surface area (Å²) in [6.07, 6.45) is 0. The minimum absolute atomic E-state index is 0.0498. The van der Waals surface area contributed by atoms with Gasteiger partial charge in [0.1, 0.15) is 11.4 Å². The first-order valence-corrected chi connectivity index (χ1v) is 7.69. The number of fused-ring (bicyclic) bond motifs is 1. The zero-order chi connectivity index (χ0) is 16.6. The normalized spacial score (nSPS) is 10.9. The molecule has 4 heteroatoms. The minimum atomic E-state index is -0.0498. The second kappa shape index (κ2) is 5.80. The van der Waals surface area contributed by atoms with Crippen LogP contribution in [-0.2, 0) is 6.54 Å². The Labute approximate surface area is 135 Å². The number of aryl methyl sites for hydroxylation is 2. The summed E-state index contributed by atoms with van der Waals surface area (Å²) in [5, 5.41) is 10.5. The van der Waals surface area contributed by atoms with E-state index in [1.807, 2.05) is 38.1 Å². The number of aromatic hydroxyl groups is 1. The predicted octanol–water partition coefficient (Wildman–Crippen LogP) is 3.95. The van der Waals surface area contributed by atoms with Crippen LogP contribution in [0.3, 0.4) is 0 Å². The van der Waals surface area contributed by atoms with Crippen LogP contribution in [0, 0.1) is 6.92 Å².